The number of halogens is 5. The van der Waals surface area contributed by atoms with Gasteiger partial charge in [-0.15, -0.1) is 0 Å². The Labute approximate surface area is 137 Å². The van der Waals surface area contributed by atoms with E-state index in [9.17, 15) is 26.0 Å². The molecule has 0 spiro atoms. The Hall–Kier alpha value is -1.36. The lowest BCUT2D eigenvalue weighted by Crippen LogP contribution is -2.16. The molecule has 3 nitrogen and oxygen atoms in total. The fourth-order valence-electron chi connectivity index (χ4n) is 1.65. The summed E-state index contributed by atoms with van der Waals surface area (Å²) in [5.74, 6) is -1.66. The Morgan fingerprint density at radius 1 is 1.00 bits per heavy atom. The Balaban J connectivity index is 2.40. The average molecular weight is 445 g/mol. The molecule has 0 bridgehead atoms. The highest BCUT2D eigenvalue weighted by molar-refractivity contribution is 14.1. The van der Waals surface area contributed by atoms with Gasteiger partial charge in [-0.3, -0.25) is 4.72 Å². The predicted molar refractivity (Wildman–Crippen MR) is 81.4 cm³/mol. The molecule has 0 amide bonds. The number of alkyl halides is 3. The summed E-state index contributed by atoms with van der Waals surface area (Å²) in [4.78, 5) is -0.176. The number of hydrogen-bond donors (Lipinski definition) is 1. The van der Waals surface area contributed by atoms with Gasteiger partial charge in [0.2, 0.25) is 0 Å². The van der Waals surface area contributed by atoms with Gasteiger partial charge in [0, 0.05) is 3.57 Å². The van der Waals surface area contributed by atoms with E-state index in [1.54, 1.807) is 0 Å². The second-order valence-electron chi connectivity index (χ2n) is 4.22. The van der Waals surface area contributed by atoms with Crippen molar-refractivity contribution in [1.82, 2.24) is 0 Å². The Kier molecular flexibility index (Phi) is 4.66. The number of anilines is 1. The van der Waals surface area contributed by atoms with Gasteiger partial charge in [-0.25, -0.2) is 12.8 Å². The van der Waals surface area contributed by atoms with Crippen molar-refractivity contribution in [3.8, 4) is 0 Å². The van der Waals surface area contributed by atoms with Crippen molar-refractivity contribution in [3.05, 3.63) is 57.4 Å². The van der Waals surface area contributed by atoms with Crippen LogP contribution in [0, 0.1) is 9.39 Å². The standard InChI is InChI=1S/C13H8F4INO2S/c14-12-10(13(15,16)17)2-1-3-11(12)19-22(20,21)9-6-4-8(18)5-7-9/h1-7,19H. The molecular weight excluding hydrogens is 437 g/mol. The first kappa shape index (κ1) is 17.0. The zero-order chi connectivity index (χ0) is 16.5. The van der Waals surface area contributed by atoms with Crippen molar-refractivity contribution in [2.24, 2.45) is 0 Å². The highest BCUT2D eigenvalue weighted by atomic mass is 127. The molecule has 118 valence electrons. The van der Waals surface area contributed by atoms with Gasteiger partial charge < -0.3 is 0 Å². The summed E-state index contributed by atoms with van der Waals surface area (Å²) in [6.45, 7) is 0. The van der Waals surface area contributed by atoms with Crippen LogP contribution in [0.2, 0.25) is 0 Å². The third-order valence-electron chi connectivity index (χ3n) is 2.67. The van der Waals surface area contributed by atoms with Crippen LogP contribution in [0.15, 0.2) is 47.4 Å². The van der Waals surface area contributed by atoms with Crippen LogP contribution < -0.4 is 4.72 Å². The molecule has 1 N–H and O–H groups in total. The average Bonchev–Trinajstić information content (AvgIpc) is 2.40. The van der Waals surface area contributed by atoms with Crippen LogP contribution in [-0.4, -0.2) is 8.42 Å². The van der Waals surface area contributed by atoms with Crippen molar-refractivity contribution in [1.29, 1.82) is 0 Å². The third kappa shape index (κ3) is 3.69. The summed E-state index contributed by atoms with van der Waals surface area (Å²) >= 11 is 1.97. The first-order chi connectivity index (χ1) is 10.1. The van der Waals surface area contributed by atoms with Gasteiger partial charge >= 0.3 is 6.18 Å². The van der Waals surface area contributed by atoms with E-state index in [0.717, 1.165) is 15.7 Å². The molecule has 2 rings (SSSR count). The summed E-state index contributed by atoms with van der Waals surface area (Å²) in [6, 6.07) is 7.96. The maximum Gasteiger partial charge on any atom is 0.419 e. The van der Waals surface area contributed by atoms with Crippen LogP contribution in [0.5, 0.6) is 0 Å². The molecular formula is C13H8F4INO2S. The van der Waals surface area contributed by atoms with E-state index >= 15 is 0 Å². The second kappa shape index (κ2) is 6.03. The van der Waals surface area contributed by atoms with E-state index in [0.29, 0.717) is 6.07 Å². The van der Waals surface area contributed by atoms with Gasteiger partial charge in [0.25, 0.3) is 10.0 Å². The number of nitrogens with one attached hydrogen (secondary N) is 1. The minimum Gasteiger partial charge on any atom is -0.277 e. The van der Waals surface area contributed by atoms with Gasteiger partial charge in [0.1, 0.15) is 0 Å². The summed E-state index contributed by atoms with van der Waals surface area (Å²) < 4.78 is 78.4. The molecule has 0 aliphatic rings. The molecule has 2 aromatic carbocycles. The first-order valence-corrected chi connectivity index (χ1v) is 8.31. The van der Waals surface area contributed by atoms with E-state index in [2.05, 4.69) is 0 Å². The van der Waals surface area contributed by atoms with Gasteiger partial charge in [-0.1, -0.05) is 6.07 Å². The second-order valence-corrected chi connectivity index (χ2v) is 7.15. The quantitative estimate of drug-likeness (QED) is 0.568. The molecule has 0 aromatic heterocycles. The molecule has 0 aliphatic carbocycles. The van der Waals surface area contributed by atoms with E-state index in [1.165, 1.54) is 24.3 Å². The Morgan fingerprint density at radius 3 is 2.14 bits per heavy atom. The highest BCUT2D eigenvalue weighted by Gasteiger charge is 2.35. The topological polar surface area (TPSA) is 46.2 Å². The highest BCUT2D eigenvalue weighted by Crippen LogP contribution is 2.34. The number of rotatable bonds is 3. The van der Waals surface area contributed by atoms with Gasteiger partial charge in [0.05, 0.1) is 16.1 Å². The minimum absolute atomic E-state index is 0.176. The van der Waals surface area contributed by atoms with Crippen LogP contribution >= 0.6 is 22.6 Å². The fourth-order valence-corrected chi connectivity index (χ4v) is 3.07. The van der Waals surface area contributed by atoms with Gasteiger partial charge in [-0.2, -0.15) is 13.2 Å². The van der Waals surface area contributed by atoms with Crippen LogP contribution in [0.25, 0.3) is 0 Å². The lowest BCUT2D eigenvalue weighted by atomic mass is 10.2. The monoisotopic (exact) mass is 445 g/mol. The van der Waals surface area contributed by atoms with Crippen molar-refractivity contribution >= 4 is 38.3 Å². The molecule has 0 unspecified atom stereocenters. The molecule has 22 heavy (non-hydrogen) atoms. The maximum atomic E-state index is 13.8. The summed E-state index contributed by atoms with van der Waals surface area (Å²) in [6.07, 6.45) is -4.91. The fraction of sp³-hybridized carbons (Fsp3) is 0.0769. The molecule has 0 fully saturated rings. The first-order valence-electron chi connectivity index (χ1n) is 5.75. The van der Waals surface area contributed by atoms with Gasteiger partial charge in [-0.05, 0) is 59.0 Å². The number of sulfonamides is 1. The molecule has 0 atom stereocenters. The van der Waals surface area contributed by atoms with E-state index < -0.39 is 33.3 Å². The number of benzene rings is 2. The summed E-state index contributed by atoms with van der Waals surface area (Å²) in [5.41, 5.74) is -2.29. The zero-order valence-corrected chi connectivity index (χ0v) is 13.6. The Bertz CT molecular complexity index is 789. The molecule has 0 radical (unpaired) electrons. The van der Waals surface area contributed by atoms with Crippen molar-refractivity contribution in [2.45, 2.75) is 11.1 Å². The van der Waals surface area contributed by atoms with Crippen molar-refractivity contribution in [2.75, 3.05) is 4.72 Å². The SMILES string of the molecule is O=S(=O)(Nc1cccc(C(F)(F)F)c1F)c1ccc(I)cc1. The predicted octanol–water partition coefficient (Wildman–Crippen LogP) is 4.25. The molecule has 0 saturated heterocycles. The number of hydrogen-bond acceptors (Lipinski definition) is 2. The zero-order valence-electron chi connectivity index (χ0n) is 10.7. The minimum atomic E-state index is -4.91. The maximum absolute atomic E-state index is 13.8. The lowest BCUT2D eigenvalue weighted by Gasteiger charge is -2.13. The Morgan fingerprint density at radius 2 is 1.59 bits per heavy atom. The van der Waals surface area contributed by atoms with Crippen LogP contribution in [0.1, 0.15) is 5.56 Å². The summed E-state index contributed by atoms with van der Waals surface area (Å²) in [5, 5.41) is 0. The molecule has 9 heteroatoms. The molecule has 2 aromatic rings. The van der Waals surface area contributed by atoms with Crippen LogP contribution in [0.4, 0.5) is 23.2 Å². The molecule has 0 aliphatic heterocycles. The van der Waals surface area contributed by atoms with E-state index in [4.69, 9.17) is 0 Å². The normalized spacial score (nSPS) is 12.2. The summed E-state index contributed by atoms with van der Waals surface area (Å²) in [7, 11) is -4.18. The smallest absolute Gasteiger partial charge is 0.277 e. The van der Waals surface area contributed by atoms with Crippen molar-refractivity contribution in [3.63, 3.8) is 0 Å². The largest absolute Gasteiger partial charge is 0.419 e. The lowest BCUT2D eigenvalue weighted by molar-refractivity contribution is -0.139. The molecule has 0 saturated carbocycles. The third-order valence-corrected chi connectivity index (χ3v) is 4.77. The van der Waals surface area contributed by atoms with Crippen molar-refractivity contribution < 1.29 is 26.0 Å². The van der Waals surface area contributed by atoms with E-state index in [-0.39, 0.29) is 4.90 Å². The van der Waals surface area contributed by atoms with Crippen LogP contribution in [-0.2, 0) is 16.2 Å². The van der Waals surface area contributed by atoms with Gasteiger partial charge in [0.15, 0.2) is 5.82 Å². The molecule has 0 heterocycles. The van der Waals surface area contributed by atoms with Crippen LogP contribution in [0.3, 0.4) is 0 Å². The van der Waals surface area contributed by atoms with E-state index in [1.807, 2.05) is 27.3 Å².